The Hall–Kier alpha value is -3.09. The lowest BCUT2D eigenvalue weighted by Gasteiger charge is -2.06. The number of esters is 1. The zero-order valence-electron chi connectivity index (χ0n) is 10.9. The van der Waals surface area contributed by atoms with Gasteiger partial charge in [0.25, 0.3) is 5.91 Å². The Morgan fingerprint density at radius 2 is 1.86 bits per heavy atom. The summed E-state index contributed by atoms with van der Waals surface area (Å²) < 4.78 is 9.59. The quantitative estimate of drug-likeness (QED) is 0.802. The monoisotopic (exact) mass is 288 g/mol. The first kappa shape index (κ1) is 14.3. The molecule has 3 N–H and O–H groups in total. The third-order valence-electron chi connectivity index (χ3n) is 2.51. The Balaban J connectivity index is 1.84. The van der Waals surface area contributed by atoms with E-state index < -0.39 is 24.4 Å². The lowest BCUT2D eigenvalue weighted by molar-refractivity contribution is -0.119. The van der Waals surface area contributed by atoms with Gasteiger partial charge in [-0.25, -0.2) is 4.79 Å². The second-order valence-electron chi connectivity index (χ2n) is 4.04. The Bertz CT molecular complexity index is 647. The molecule has 0 saturated carbocycles. The molecule has 2 rings (SSSR count). The maximum absolute atomic E-state index is 11.6. The molecular formula is C14H12N2O5. The van der Waals surface area contributed by atoms with Gasteiger partial charge in [0.05, 0.1) is 6.26 Å². The molecule has 2 amide bonds. The lowest BCUT2D eigenvalue weighted by atomic mass is 10.2. The normalized spacial score (nSPS) is 9.90. The number of primary amides is 1. The molecule has 2 aromatic rings. The van der Waals surface area contributed by atoms with E-state index in [2.05, 4.69) is 5.32 Å². The predicted molar refractivity (Wildman–Crippen MR) is 72.6 cm³/mol. The van der Waals surface area contributed by atoms with Crippen LogP contribution in [0, 0.1) is 0 Å². The smallest absolute Gasteiger partial charge is 0.374 e. The van der Waals surface area contributed by atoms with E-state index in [1.807, 2.05) is 0 Å². The molecular weight excluding hydrogens is 276 g/mol. The van der Waals surface area contributed by atoms with Crippen LogP contribution >= 0.6 is 0 Å². The number of amides is 2. The number of nitrogens with two attached hydrogens (primary N) is 1. The molecule has 0 spiro atoms. The molecule has 0 radical (unpaired) electrons. The molecule has 0 saturated heterocycles. The summed E-state index contributed by atoms with van der Waals surface area (Å²) in [5.74, 6) is -1.77. The first-order valence-electron chi connectivity index (χ1n) is 5.96. The summed E-state index contributed by atoms with van der Waals surface area (Å²) in [7, 11) is 0. The summed E-state index contributed by atoms with van der Waals surface area (Å²) in [5, 5.41) is 2.51. The van der Waals surface area contributed by atoms with Crippen molar-refractivity contribution in [3.63, 3.8) is 0 Å². The maximum atomic E-state index is 11.6. The van der Waals surface area contributed by atoms with Crippen LogP contribution in [0.3, 0.4) is 0 Å². The maximum Gasteiger partial charge on any atom is 0.374 e. The van der Waals surface area contributed by atoms with Gasteiger partial charge in [0.1, 0.15) is 0 Å². The van der Waals surface area contributed by atoms with Crippen LogP contribution in [-0.2, 0) is 9.53 Å². The third-order valence-corrected chi connectivity index (χ3v) is 2.51. The lowest BCUT2D eigenvalue weighted by Crippen LogP contribution is -2.20. The fourth-order valence-corrected chi connectivity index (χ4v) is 1.51. The van der Waals surface area contributed by atoms with Crippen molar-refractivity contribution in [3.05, 3.63) is 54.0 Å². The highest BCUT2D eigenvalue weighted by molar-refractivity contribution is 5.96. The molecule has 108 valence electrons. The Kier molecular flexibility index (Phi) is 4.35. The van der Waals surface area contributed by atoms with Gasteiger partial charge in [0.15, 0.2) is 6.61 Å². The Morgan fingerprint density at radius 3 is 2.43 bits per heavy atom. The molecule has 0 bridgehead atoms. The number of benzene rings is 1. The standard InChI is InChI=1S/C14H12N2O5/c15-13(18)9-3-5-10(6-4-9)16-12(17)8-21-14(19)11-2-1-7-20-11/h1-7H,8H2,(H2,15,18)(H,16,17). The predicted octanol–water partition coefficient (Wildman–Crippen LogP) is 1.17. The number of anilines is 1. The molecule has 0 aliphatic heterocycles. The van der Waals surface area contributed by atoms with Gasteiger partial charge < -0.3 is 20.2 Å². The molecule has 0 unspecified atom stereocenters. The van der Waals surface area contributed by atoms with Gasteiger partial charge in [0.2, 0.25) is 11.7 Å². The van der Waals surface area contributed by atoms with Crippen molar-refractivity contribution in [3.8, 4) is 0 Å². The second-order valence-corrected chi connectivity index (χ2v) is 4.04. The van der Waals surface area contributed by atoms with Crippen LogP contribution in [0.4, 0.5) is 5.69 Å². The van der Waals surface area contributed by atoms with Crippen molar-refractivity contribution < 1.29 is 23.5 Å². The topological polar surface area (TPSA) is 112 Å². The van der Waals surface area contributed by atoms with Gasteiger partial charge >= 0.3 is 5.97 Å². The van der Waals surface area contributed by atoms with Crippen LogP contribution < -0.4 is 11.1 Å². The molecule has 0 aliphatic rings. The minimum Gasteiger partial charge on any atom is -0.457 e. The number of carbonyl (C=O) groups excluding carboxylic acids is 3. The van der Waals surface area contributed by atoms with Gasteiger partial charge in [-0.2, -0.15) is 0 Å². The van der Waals surface area contributed by atoms with E-state index in [1.165, 1.54) is 42.7 Å². The molecule has 21 heavy (non-hydrogen) atoms. The van der Waals surface area contributed by atoms with Gasteiger partial charge in [0, 0.05) is 11.3 Å². The molecule has 1 heterocycles. The SMILES string of the molecule is NC(=O)c1ccc(NC(=O)COC(=O)c2ccco2)cc1. The molecule has 0 fully saturated rings. The summed E-state index contributed by atoms with van der Waals surface area (Å²) in [4.78, 5) is 33.9. The van der Waals surface area contributed by atoms with Gasteiger partial charge in [-0.15, -0.1) is 0 Å². The summed E-state index contributed by atoms with van der Waals surface area (Å²) in [6, 6.07) is 8.97. The van der Waals surface area contributed by atoms with Crippen LogP contribution in [0.15, 0.2) is 47.1 Å². The minimum absolute atomic E-state index is 0.0219. The zero-order chi connectivity index (χ0) is 15.2. The van der Waals surface area contributed by atoms with Crippen LogP contribution in [0.5, 0.6) is 0 Å². The fraction of sp³-hybridized carbons (Fsp3) is 0.0714. The average Bonchev–Trinajstić information content (AvgIpc) is 2.99. The third kappa shape index (κ3) is 3.93. The van der Waals surface area contributed by atoms with Crippen molar-refractivity contribution >= 4 is 23.5 Å². The van der Waals surface area contributed by atoms with Crippen LogP contribution in [0.2, 0.25) is 0 Å². The summed E-state index contributed by atoms with van der Waals surface area (Å²) in [6.07, 6.45) is 1.33. The fourth-order valence-electron chi connectivity index (χ4n) is 1.51. The van der Waals surface area contributed by atoms with E-state index in [-0.39, 0.29) is 5.76 Å². The van der Waals surface area contributed by atoms with Crippen LogP contribution in [-0.4, -0.2) is 24.4 Å². The molecule has 7 heteroatoms. The number of carbonyl (C=O) groups is 3. The summed E-state index contributed by atoms with van der Waals surface area (Å²) in [6.45, 7) is -0.447. The summed E-state index contributed by atoms with van der Waals surface area (Å²) >= 11 is 0. The molecule has 1 aromatic heterocycles. The van der Waals surface area contributed by atoms with Crippen molar-refractivity contribution in [1.82, 2.24) is 0 Å². The molecule has 0 aliphatic carbocycles. The first-order chi connectivity index (χ1) is 10.1. The highest BCUT2D eigenvalue weighted by atomic mass is 16.5. The number of furan rings is 1. The van der Waals surface area contributed by atoms with E-state index in [0.29, 0.717) is 11.3 Å². The number of hydrogen-bond donors (Lipinski definition) is 2. The van der Waals surface area contributed by atoms with Crippen LogP contribution in [0.1, 0.15) is 20.9 Å². The van der Waals surface area contributed by atoms with E-state index in [4.69, 9.17) is 14.9 Å². The van der Waals surface area contributed by atoms with Gasteiger partial charge in [-0.3, -0.25) is 9.59 Å². The Labute approximate surface area is 119 Å². The van der Waals surface area contributed by atoms with E-state index in [9.17, 15) is 14.4 Å². The van der Waals surface area contributed by atoms with Crippen LogP contribution in [0.25, 0.3) is 0 Å². The number of rotatable bonds is 5. The van der Waals surface area contributed by atoms with E-state index >= 15 is 0 Å². The number of hydrogen-bond acceptors (Lipinski definition) is 5. The van der Waals surface area contributed by atoms with Crippen molar-refractivity contribution in [2.45, 2.75) is 0 Å². The van der Waals surface area contributed by atoms with E-state index in [0.717, 1.165) is 0 Å². The molecule has 0 atom stereocenters. The first-order valence-corrected chi connectivity index (χ1v) is 5.96. The highest BCUT2D eigenvalue weighted by Gasteiger charge is 2.12. The number of ether oxygens (including phenoxy) is 1. The van der Waals surface area contributed by atoms with Gasteiger partial charge in [-0.05, 0) is 36.4 Å². The van der Waals surface area contributed by atoms with Crippen molar-refractivity contribution in [2.24, 2.45) is 5.73 Å². The molecule has 7 nitrogen and oxygen atoms in total. The largest absolute Gasteiger partial charge is 0.457 e. The Morgan fingerprint density at radius 1 is 1.14 bits per heavy atom. The zero-order valence-corrected chi connectivity index (χ0v) is 10.9. The highest BCUT2D eigenvalue weighted by Crippen LogP contribution is 2.09. The van der Waals surface area contributed by atoms with Gasteiger partial charge in [-0.1, -0.05) is 0 Å². The van der Waals surface area contributed by atoms with Crippen molar-refractivity contribution in [2.75, 3.05) is 11.9 Å². The average molecular weight is 288 g/mol. The minimum atomic E-state index is -0.723. The van der Waals surface area contributed by atoms with E-state index in [1.54, 1.807) is 0 Å². The second kappa shape index (κ2) is 6.38. The molecule has 1 aromatic carbocycles. The number of nitrogens with one attached hydrogen (secondary N) is 1. The van der Waals surface area contributed by atoms with Crippen molar-refractivity contribution in [1.29, 1.82) is 0 Å². The summed E-state index contributed by atoms with van der Waals surface area (Å²) in [5.41, 5.74) is 5.89.